The van der Waals surface area contributed by atoms with Gasteiger partial charge in [0, 0.05) is 9.37 Å². The van der Waals surface area contributed by atoms with Crippen LogP contribution in [0.5, 0.6) is 0 Å². The molecule has 11 heavy (non-hydrogen) atoms. The molecule has 0 spiro atoms. The summed E-state index contributed by atoms with van der Waals surface area (Å²) in [7, 11) is 0. The molecular weight excluding hydrogens is 220 g/mol. The van der Waals surface area contributed by atoms with Gasteiger partial charge < -0.3 is 0 Å². The molecular formula is C9H11BrS. The lowest BCUT2D eigenvalue weighted by Gasteiger charge is -1.98. The summed E-state index contributed by atoms with van der Waals surface area (Å²) in [6.07, 6.45) is 1.23. The summed E-state index contributed by atoms with van der Waals surface area (Å²) in [6.45, 7) is 2.20. The molecule has 0 aliphatic carbocycles. The molecule has 1 aromatic rings. The van der Waals surface area contributed by atoms with Gasteiger partial charge in [-0.15, -0.1) is 11.8 Å². The van der Waals surface area contributed by atoms with Gasteiger partial charge in [0.2, 0.25) is 0 Å². The maximum atomic E-state index is 3.44. The molecule has 0 aromatic heterocycles. The predicted molar refractivity (Wildman–Crippen MR) is 55.2 cm³/mol. The highest BCUT2D eigenvalue weighted by Crippen LogP contribution is 2.21. The topological polar surface area (TPSA) is 0 Å². The maximum Gasteiger partial charge on any atom is 0.0186 e. The van der Waals surface area contributed by atoms with Crippen LogP contribution in [0.4, 0.5) is 0 Å². The highest BCUT2D eigenvalue weighted by Gasteiger charge is 1.92. The Bertz CT molecular complexity index is 223. The zero-order chi connectivity index (χ0) is 8.10. The number of thioether (sulfide) groups is 1. The Morgan fingerprint density at radius 1 is 1.45 bits per heavy atom. The number of rotatable bonds is 3. The van der Waals surface area contributed by atoms with Gasteiger partial charge >= 0.3 is 0 Å². The van der Waals surface area contributed by atoms with Crippen LogP contribution in [0.2, 0.25) is 0 Å². The van der Waals surface area contributed by atoms with Gasteiger partial charge in [-0.2, -0.15) is 0 Å². The van der Waals surface area contributed by atoms with E-state index in [4.69, 9.17) is 0 Å². The molecule has 0 nitrogen and oxygen atoms in total. The second-order valence-electron chi connectivity index (χ2n) is 2.31. The lowest BCUT2D eigenvalue weighted by atomic mass is 10.4. The molecule has 0 atom stereocenters. The third kappa shape index (κ3) is 3.30. The number of halogens is 1. The summed E-state index contributed by atoms with van der Waals surface area (Å²) in [4.78, 5) is 1.35. The van der Waals surface area contributed by atoms with E-state index >= 15 is 0 Å². The van der Waals surface area contributed by atoms with Gasteiger partial charge in [-0.25, -0.2) is 0 Å². The summed E-state index contributed by atoms with van der Waals surface area (Å²) in [5.74, 6) is 1.20. The fourth-order valence-electron chi connectivity index (χ4n) is 0.777. The molecule has 0 fully saturated rings. The first-order valence-electron chi connectivity index (χ1n) is 3.71. The predicted octanol–water partition coefficient (Wildman–Crippen LogP) is 3.95. The summed E-state index contributed by atoms with van der Waals surface area (Å²) >= 11 is 5.35. The van der Waals surface area contributed by atoms with Crippen molar-refractivity contribution >= 4 is 27.7 Å². The Morgan fingerprint density at radius 3 is 2.91 bits per heavy atom. The molecule has 0 aliphatic heterocycles. The molecule has 0 heterocycles. The standard InChI is InChI=1S/C9H11BrS/c1-2-6-11-9-5-3-4-8(10)7-9/h3-5,7H,2,6H2,1H3. The van der Waals surface area contributed by atoms with Crippen molar-refractivity contribution in [1.29, 1.82) is 0 Å². The molecule has 1 aromatic carbocycles. The summed E-state index contributed by atoms with van der Waals surface area (Å²) in [5.41, 5.74) is 0. The average Bonchev–Trinajstić information content (AvgIpc) is 2.01. The Labute approximate surface area is 80.5 Å². The third-order valence-corrected chi connectivity index (χ3v) is 2.96. The molecule has 0 N–H and O–H groups in total. The molecule has 0 radical (unpaired) electrons. The van der Waals surface area contributed by atoms with E-state index in [9.17, 15) is 0 Å². The largest absolute Gasteiger partial charge is 0.126 e. The van der Waals surface area contributed by atoms with Crippen molar-refractivity contribution in [2.75, 3.05) is 5.75 Å². The van der Waals surface area contributed by atoms with E-state index in [0.717, 1.165) is 0 Å². The van der Waals surface area contributed by atoms with E-state index in [0.29, 0.717) is 0 Å². The summed E-state index contributed by atoms with van der Waals surface area (Å²) < 4.78 is 1.17. The first-order chi connectivity index (χ1) is 5.33. The number of hydrogen-bond acceptors (Lipinski definition) is 1. The van der Waals surface area contributed by atoms with Crippen molar-refractivity contribution in [3.8, 4) is 0 Å². The minimum atomic E-state index is 1.17. The molecule has 0 aliphatic rings. The van der Waals surface area contributed by atoms with Crippen LogP contribution < -0.4 is 0 Å². The quantitative estimate of drug-likeness (QED) is 0.709. The molecule has 0 amide bonds. The lowest BCUT2D eigenvalue weighted by molar-refractivity contribution is 1.10. The van der Waals surface area contributed by atoms with Gasteiger partial charge in [-0.1, -0.05) is 28.9 Å². The SMILES string of the molecule is CCCSc1cccc(Br)c1. The van der Waals surface area contributed by atoms with E-state index in [1.807, 2.05) is 11.8 Å². The van der Waals surface area contributed by atoms with Crippen LogP contribution in [-0.4, -0.2) is 5.75 Å². The van der Waals surface area contributed by atoms with E-state index in [1.54, 1.807) is 0 Å². The monoisotopic (exact) mass is 230 g/mol. The molecule has 0 bridgehead atoms. The van der Waals surface area contributed by atoms with Crippen molar-refractivity contribution in [3.63, 3.8) is 0 Å². The first-order valence-corrected chi connectivity index (χ1v) is 5.49. The maximum absolute atomic E-state index is 3.44. The lowest BCUT2D eigenvalue weighted by Crippen LogP contribution is -1.75. The Hall–Kier alpha value is 0.0500. The average molecular weight is 231 g/mol. The van der Waals surface area contributed by atoms with Crippen LogP contribution in [0.25, 0.3) is 0 Å². The second kappa shape index (κ2) is 4.83. The van der Waals surface area contributed by atoms with E-state index in [1.165, 1.54) is 21.5 Å². The van der Waals surface area contributed by atoms with Crippen molar-refractivity contribution in [1.82, 2.24) is 0 Å². The van der Waals surface area contributed by atoms with Crippen molar-refractivity contribution in [2.24, 2.45) is 0 Å². The normalized spacial score (nSPS) is 10.0. The van der Waals surface area contributed by atoms with E-state index in [-0.39, 0.29) is 0 Å². The van der Waals surface area contributed by atoms with Gasteiger partial charge in [0.1, 0.15) is 0 Å². The zero-order valence-electron chi connectivity index (χ0n) is 6.51. The van der Waals surface area contributed by atoms with Gasteiger partial charge in [0.25, 0.3) is 0 Å². The van der Waals surface area contributed by atoms with E-state index in [2.05, 4.69) is 47.1 Å². The van der Waals surface area contributed by atoms with Crippen LogP contribution in [0, 0.1) is 0 Å². The third-order valence-electron chi connectivity index (χ3n) is 1.27. The van der Waals surface area contributed by atoms with Crippen LogP contribution in [0.3, 0.4) is 0 Å². The van der Waals surface area contributed by atoms with Gasteiger partial charge in [0.15, 0.2) is 0 Å². The summed E-state index contributed by atoms with van der Waals surface area (Å²) in [6, 6.07) is 8.42. The van der Waals surface area contributed by atoms with Crippen LogP contribution in [0.1, 0.15) is 13.3 Å². The van der Waals surface area contributed by atoms with Crippen molar-refractivity contribution in [2.45, 2.75) is 18.2 Å². The molecule has 0 saturated heterocycles. The molecule has 1 rings (SSSR count). The number of benzene rings is 1. The molecule has 0 unspecified atom stereocenters. The highest BCUT2D eigenvalue weighted by atomic mass is 79.9. The van der Waals surface area contributed by atoms with Crippen molar-refractivity contribution < 1.29 is 0 Å². The highest BCUT2D eigenvalue weighted by molar-refractivity contribution is 9.10. The Balaban J connectivity index is 2.56. The number of hydrogen-bond donors (Lipinski definition) is 0. The van der Waals surface area contributed by atoms with E-state index < -0.39 is 0 Å². The minimum Gasteiger partial charge on any atom is -0.126 e. The fourth-order valence-corrected chi connectivity index (χ4v) is 2.15. The van der Waals surface area contributed by atoms with Crippen LogP contribution >= 0.6 is 27.7 Å². The van der Waals surface area contributed by atoms with Crippen LogP contribution in [-0.2, 0) is 0 Å². The molecule has 60 valence electrons. The first kappa shape index (κ1) is 9.14. The van der Waals surface area contributed by atoms with Gasteiger partial charge in [-0.3, -0.25) is 0 Å². The minimum absolute atomic E-state index is 1.17. The zero-order valence-corrected chi connectivity index (χ0v) is 8.91. The van der Waals surface area contributed by atoms with Gasteiger partial charge in [0.05, 0.1) is 0 Å². The summed E-state index contributed by atoms with van der Waals surface area (Å²) in [5, 5.41) is 0. The Kier molecular flexibility index (Phi) is 4.02. The van der Waals surface area contributed by atoms with Crippen LogP contribution in [0.15, 0.2) is 33.6 Å². The fraction of sp³-hybridized carbons (Fsp3) is 0.333. The molecule has 0 saturated carbocycles. The van der Waals surface area contributed by atoms with Gasteiger partial charge in [-0.05, 0) is 30.4 Å². The molecule has 2 heteroatoms. The van der Waals surface area contributed by atoms with Crippen molar-refractivity contribution in [3.05, 3.63) is 28.7 Å². The smallest absolute Gasteiger partial charge is 0.0186 e. The Morgan fingerprint density at radius 2 is 2.27 bits per heavy atom. The second-order valence-corrected chi connectivity index (χ2v) is 4.39.